The summed E-state index contributed by atoms with van der Waals surface area (Å²) in [6.45, 7) is 1.87. The van der Waals surface area contributed by atoms with Crippen molar-refractivity contribution in [3.8, 4) is 11.5 Å². The summed E-state index contributed by atoms with van der Waals surface area (Å²) in [6.07, 6.45) is -0.236. The fourth-order valence-corrected chi connectivity index (χ4v) is 2.91. The Bertz CT molecular complexity index is 985. The summed E-state index contributed by atoms with van der Waals surface area (Å²) >= 11 is 0. The van der Waals surface area contributed by atoms with E-state index >= 15 is 0 Å². The van der Waals surface area contributed by atoms with Crippen molar-refractivity contribution in [3.05, 3.63) is 90.0 Å². The molecule has 0 bridgehead atoms. The molecule has 148 valence electrons. The van der Waals surface area contributed by atoms with Gasteiger partial charge in [-0.15, -0.1) is 0 Å². The summed E-state index contributed by atoms with van der Waals surface area (Å²) in [6, 6.07) is 23.0. The number of hydrogen-bond acceptors (Lipinski definition) is 4. The fourth-order valence-electron chi connectivity index (χ4n) is 2.91. The molecule has 3 aromatic rings. The second-order valence-corrected chi connectivity index (χ2v) is 6.42. The van der Waals surface area contributed by atoms with Gasteiger partial charge in [0.25, 0.3) is 5.91 Å². The number of benzene rings is 3. The Labute approximate surface area is 170 Å². The van der Waals surface area contributed by atoms with Crippen molar-refractivity contribution in [2.24, 2.45) is 0 Å². The van der Waals surface area contributed by atoms with Gasteiger partial charge in [0.05, 0.1) is 12.8 Å². The highest BCUT2D eigenvalue weighted by molar-refractivity contribution is 6.14. The Kier molecular flexibility index (Phi) is 6.63. The molecular weight excluding hydrogens is 366 g/mol. The normalized spacial score (nSPS) is 11.4. The molecule has 1 atom stereocenters. The van der Waals surface area contributed by atoms with Crippen LogP contribution in [0.3, 0.4) is 0 Å². The van der Waals surface area contributed by atoms with Crippen LogP contribution in [0.2, 0.25) is 0 Å². The number of ether oxygens (including phenoxy) is 2. The van der Waals surface area contributed by atoms with E-state index in [0.29, 0.717) is 34.7 Å². The number of methoxy groups -OCH3 is 1. The van der Waals surface area contributed by atoms with E-state index in [1.807, 2.05) is 25.1 Å². The number of carbonyl (C=O) groups is 2. The fraction of sp³-hybridized carbons (Fsp3) is 0.167. The topological polar surface area (TPSA) is 64.6 Å². The van der Waals surface area contributed by atoms with Crippen LogP contribution in [0.1, 0.15) is 29.3 Å². The molecule has 0 heterocycles. The third-order valence-electron chi connectivity index (χ3n) is 4.45. The standard InChI is InChI=1S/C24H23NO4/c1-3-22(29-19-13-9-12-18(16-19)28-2)24(27)25-21-15-8-7-14-20(21)23(26)17-10-5-4-6-11-17/h4-16,22H,3H2,1-2H3,(H,25,27)/t22-/m0/s1. The van der Waals surface area contributed by atoms with Crippen molar-refractivity contribution in [2.45, 2.75) is 19.4 Å². The average Bonchev–Trinajstić information content (AvgIpc) is 2.78. The Morgan fingerprint density at radius 2 is 1.59 bits per heavy atom. The molecule has 0 aliphatic heterocycles. The quantitative estimate of drug-likeness (QED) is 0.566. The summed E-state index contributed by atoms with van der Waals surface area (Å²) < 4.78 is 11.0. The van der Waals surface area contributed by atoms with Crippen LogP contribution in [-0.2, 0) is 4.79 Å². The summed E-state index contributed by atoms with van der Waals surface area (Å²) in [5.74, 6) is 0.725. The summed E-state index contributed by atoms with van der Waals surface area (Å²) in [5, 5.41) is 2.85. The first-order valence-electron chi connectivity index (χ1n) is 9.42. The Balaban J connectivity index is 1.78. The van der Waals surface area contributed by atoms with E-state index in [9.17, 15) is 9.59 Å². The second kappa shape index (κ2) is 9.55. The minimum Gasteiger partial charge on any atom is -0.497 e. The van der Waals surface area contributed by atoms with Crippen LogP contribution in [-0.4, -0.2) is 24.9 Å². The van der Waals surface area contributed by atoms with Crippen LogP contribution in [0.15, 0.2) is 78.9 Å². The molecule has 0 radical (unpaired) electrons. The molecule has 5 heteroatoms. The maximum absolute atomic E-state index is 12.9. The van der Waals surface area contributed by atoms with Crippen LogP contribution >= 0.6 is 0 Å². The number of carbonyl (C=O) groups excluding carboxylic acids is 2. The molecule has 29 heavy (non-hydrogen) atoms. The molecule has 0 aromatic heterocycles. The van der Waals surface area contributed by atoms with E-state index in [2.05, 4.69) is 5.32 Å². The maximum Gasteiger partial charge on any atom is 0.265 e. The molecule has 0 saturated heterocycles. The maximum atomic E-state index is 12.9. The largest absolute Gasteiger partial charge is 0.497 e. The van der Waals surface area contributed by atoms with Crippen molar-refractivity contribution in [2.75, 3.05) is 12.4 Å². The SMILES string of the molecule is CC[C@H](Oc1cccc(OC)c1)C(=O)Nc1ccccc1C(=O)c1ccccc1. The van der Waals surface area contributed by atoms with Gasteiger partial charge >= 0.3 is 0 Å². The molecule has 1 N–H and O–H groups in total. The number of ketones is 1. The summed E-state index contributed by atoms with van der Waals surface area (Å²) in [4.78, 5) is 25.7. The number of para-hydroxylation sites is 1. The minimum absolute atomic E-state index is 0.150. The lowest BCUT2D eigenvalue weighted by molar-refractivity contribution is -0.122. The second-order valence-electron chi connectivity index (χ2n) is 6.42. The Hall–Kier alpha value is -3.60. The van der Waals surface area contributed by atoms with Crippen molar-refractivity contribution in [1.82, 2.24) is 0 Å². The van der Waals surface area contributed by atoms with Gasteiger partial charge in [0.2, 0.25) is 0 Å². The zero-order valence-corrected chi connectivity index (χ0v) is 16.4. The van der Waals surface area contributed by atoms with Crippen molar-refractivity contribution in [3.63, 3.8) is 0 Å². The molecule has 0 aliphatic carbocycles. The van der Waals surface area contributed by atoms with E-state index in [4.69, 9.17) is 9.47 Å². The highest BCUT2D eigenvalue weighted by Gasteiger charge is 2.21. The number of anilines is 1. The smallest absolute Gasteiger partial charge is 0.265 e. The molecule has 3 aromatic carbocycles. The molecule has 0 aliphatic rings. The van der Waals surface area contributed by atoms with Gasteiger partial charge in [0.1, 0.15) is 11.5 Å². The van der Waals surface area contributed by atoms with Gasteiger partial charge in [0.15, 0.2) is 11.9 Å². The van der Waals surface area contributed by atoms with E-state index in [1.54, 1.807) is 67.8 Å². The van der Waals surface area contributed by atoms with Gasteiger partial charge in [-0.1, -0.05) is 55.5 Å². The number of hydrogen-bond donors (Lipinski definition) is 1. The summed E-state index contributed by atoms with van der Waals surface area (Å²) in [5.41, 5.74) is 1.45. The van der Waals surface area contributed by atoms with Crippen molar-refractivity contribution in [1.29, 1.82) is 0 Å². The molecule has 5 nitrogen and oxygen atoms in total. The highest BCUT2D eigenvalue weighted by Crippen LogP contribution is 2.23. The van der Waals surface area contributed by atoms with Gasteiger partial charge in [-0.3, -0.25) is 9.59 Å². The Morgan fingerprint density at radius 1 is 0.897 bits per heavy atom. The molecule has 0 fully saturated rings. The summed E-state index contributed by atoms with van der Waals surface area (Å²) in [7, 11) is 1.57. The molecule has 0 unspecified atom stereocenters. The van der Waals surface area contributed by atoms with E-state index in [1.165, 1.54) is 0 Å². The van der Waals surface area contributed by atoms with Crippen molar-refractivity contribution < 1.29 is 19.1 Å². The van der Waals surface area contributed by atoms with E-state index < -0.39 is 6.10 Å². The molecular formula is C24H23NO4. The third kappa shape index (κ3) is 5.02. The highest BCUT2D eigenvalue weighted by atomic mass is 16.5. The number of nitrogens with one attached hydrogen (secondary N) is 1. The van der Waals surface area contributed by atoms with Gasteiger partial charge in [0, 0.05) is 17.2 Å². The molecule has 1 amide bonds. The van der Waals surface area contributed by atoms with Crippen LogP contribution in [0.5, 0.6) is 11.5 Å². The first kappa shape index (κ1) is 20.1. The van der Waals surface area contributed by atoms with Crippen molar-refractivity contribution >= 4 is 17.4 Å². The lowest BCUT2D eigenvalue weighted by Crippen LogP contribution is -2.32. The number of rotatable bonds is 8. The monoisotopic (exact) mass is 389 g/mol. The van der Waals surface area contributed by atoms with Gasteiger partial charge in [-0.05, 0) is 30.7 Å². The zero-order valence-electron chi connectivity index (χ0n) is 16.4. The zero-order chi connectivity index (χ0) is 20.6. The van der Waals surface area contributed by atoms with E-state index in [0.717, 1.165) is 0 Å². The Morgan fingerprint density at radius 3 is 2.31 bits per heavy atom. The average molecular weight is 389 g/mol. The predicted octanol–water partition coefficient (Wildman–Crippen LogP) is 4.72. The van der Waals surface area contributed by atoms with Crippen LogP contribution in [0.25, 0.3) is 0 Å². The van der Waals surface area contributed by atoms with Gasteiger partial charge < -0.3 is 14.8 Å². The molecule has 0 spiro atoms. The minimum atomic E-state index is -0.706. The van der Waals surface area contributed by atoms with Gasteiger partial charge in [-0.25, -0.2) is 0 Å². The van der Waals surface area contributed by atoms with Crippen LogP contribution in [0.4, 0.5) is 5.69 Å². The molecule has 0 saturated carbocycles. The predicted molar refractivity (Wildman–Crippen MR) is 113 cm³/mol. The lowest BCUT2D eigenvalue weighted by Gasteiger charge is -2.18. The van der Waals surface area contributed by atoms with Gasteiger partial charge in [-0.2, -0.15) is 0 Å². The molecule has 3 rings (SSSR count). The first-order chi connectivity index (χ1) is 14.1. The first-order valence-corrected chi connectivity index (χ1v) is 9.42. The third-order valence-corrected chi connectivity index (χ3v) is 4.45. The number of amides is 1. The lowest BCUT2D eigenvalue weighted by atomic mass is 10.0. The van der Waals surface area contributed by atoms with Crippen LogP contribution in [0, 0.1) is 0 Å². The van der Waals surface area contributed by atoms with E-state index in [-0.39, 0.29) is 11.7 Å². The van der Waals surface area contributed by atoms with Crippen LogP contribution < -0.4 is 14.8 Å².